The molecule has 0 aliphatic heterocycles. The number of aromatic amines is 1. The zero-order chi connectivity index (χ0) is 17.1. The monoisotopic (exact) mass is 324 g/mol. The number of rotatable bonds is 4. The first-order valence-electron chi connectivity index (χ1n) is 7.28. The van der Waals surface area contributed by atoms with Crippen molar-refractivity contribution in [2.24, 2.45) is 0 Å². The number of benzene rings is 2. The molecule has 0 unspecified atom stereocenters. The lowest BCUT2D eigenvalue weighted by Gasteiger charge is -2.10. The lowest BCUT2D eigenvalue weighted by molar-refractivity contribution is 0.102. The molecule has 6 nitrogen and oxygen atoms in total. The van der Waals surface area contributed by atoms with Crippen molar-refractivity contribution in [2.45, 2.75) is 0 Å². The third-order valence-corrected chi connectivity index (χ3v) is 3.69. The first-order valence-corrected chi connectivity index (χ1v) is 7.28. The van der Waals surface area contributed by atoms with Crippen molar-refractivity contribution in [3.05, 3.63) is 64.4 Å². The molecule has 2 aromatic carbocycles. The maximum atomic E-state index is 12.6. The van der Waals surface area contributed by atoms with Crippen LogP contribution in [0.5, 0.6) is 11.5 Å². The minimum atomic E-state index is -0.509. The molecular weight excluding hydrogens is 308 g/mol. The van der Waals surface area contributed by atoms with Gasteiger partial charge in [0, 0.05) is 17.1 Å². The van der Waals surface area contributed by atoms with Crippen molar-refractivity contribution in [1.82, 2.24) is 4.98 Å². The number of H-pyrrole nitrogens is 1. The summed E-state index contributed by atoms with van der Waals surface area (Å²) in [6.45, 7) is 0. The normalized spacial score (nSPS) is 10.4. The molecule has 3 rings (SSSR count). The van der Waals surface area contributed by atoms with Crippen molar-refractivity contribution in [3.8, 4) is 11.5 Å². The van der Waals surface area contributed by atoms with Gasteiger partial charge in [0.1, 0.15) is 17.1 Å². The molecule has 122 valence electrons. The second kappa shape index (κ2) is 6.45. The first-order chi connectivity index (χ1) is 11.6. The van der Waals surface area contributed by atoms with Gasteiger partial charge in [0.2, 0.25) is 5.43 Å². The molecule has 0 atom stereocenters. The van der Waals surface area contributed by atoms with Gasteiger partial charge >= 0.3 is 0 Å². The van der Waals surface area contributed by atoms with Crippen LogP contribution in [0.2, 0.25) is 0 Å². The van der Waals surface area contributed by atoms with Crippen LogP contribution in [-0.4, -0.2) is 25.1 Å². The Balaban J connectivity index is 2.01. The summed E-state index contributed by atoms with van der Waals surface area (Å²) in [7, 11) is 3.04. The standard InChI is InChI=1S/C18H16N2O4/c1-23-11-7-8-14-12(9-11)17(21)13(10-19-14)18(22)20-15-5-3-4-6-16(15)24-2/h3-10H,1-2H3,(H,19,21)(H,20,22). The van der Waals surface area contributed by atoms with Gasteiger partial charge in [-0.2, -0.15) is 0 Å². The maximum absolute atomic E-state index is 12.6. The molecule has 1 heterocycles. The fourth-order valence-corrected chi connectivity index (χ4v) is 2.43. The highest BCUT2D eigenvalue weighted by molar-refractivity contribution is 6.06. The number of hydrogen-bond acceptors (Lipinski definition) is 4. The summed E-state index contributed by atoms with van der Waals surface area (Å²) >= 11 is 0. The molecule has 3 aromatic rings. The van der Waals surface area contributed by atoms with E-state index in [2.05, 4.69) is 10.3 Å². The highest BCUT2D eigenvalue weighted by Crippen LogP contribution is 2.23. The highest BCUT2D eigenvalue weighted by atomic mass is 16.5. The molecule has 0 radical (unpaired) electrons. The molecular formula is C18H16N2O4. The van der Waals surface area contributed by atoms with Gasteiger partial charge in [-0.15, -0.1) is 0 Å². The van der Waals surface area contributed by atoms with E-state index in [1.165, 1.54) is 20.4 Å². The molecule has 1 aromatic heterocycles. The Labute approximate surface area is 138 Å². The Morgan fingerprint density at radius 2 is 1.88 bits per heavy atom. The lowest BCUT2D eigenvalue weighted by Crippen LogP contribution is -2.22. The van der Waals surface area contributed by atoms with Gasteiger partial charge in [-0.25, -0.2) is 0 Å². The zero-order valence-electron chi connectivity index (χ0n) is 13.3. The number of amides is 1. The first kappa shape index (κ1) is 15.6. The summed E-state index contributed by atoms with van der Waals surface area (Å²) in [5, 5.41) is 3.09. The number of nitrogens with one attached hydrogen (secondary N) is 2. The van der Waals surface area contributed by atoms with Gasteiger partial charge < -0.3 is 19.8 Å². The second-order valence-corrected chi connectivity index (χ2v) is 5.10. The van der Waals surface area contributed by atoms with Crippen molar-refractivity contribution in [2.75, 3.05) is 19.5 Å². The number of aromatic nitrogens is 1. The molecule has 0 bridgehead atoms. The smallest absolute Gasteiger partial charge is 0.261 e. The molecule has 0 spiro atoms. The molecule has 0 saturated heterocycles. The predicted molar refractivity (Wildman–Crippen MR) is 92.1 cm³/mol. The van der Waals surface area contributed by atoms with Crippen LogP contribution in [0.15, 0.2) is 53.5 Å². The van der Waals surface area contributed by atoms with Crippen molar-refractivity contribution in [1.29, 1.82) is 0 Å². The van der Waals surface area contributed by atoms with Crippen LogP contribution < -0.4 is 20.2 Å². The average Bonchev–Trinajstić information content (AvgIpc) is 2.62. The summed E-state index contributed by atoms with van der Waals surface area (Å²) in [5.74, 6) is 0.561. The van der Waals surface area contributed by atoms with Crippen LogP contribution in [0.25, 0.3) is 10.9 Å². The van der Waals surface area contributed by atoms with E-state index in [0.29, 0.717) is 28.1 Å². The fraction of sp³-hybridized carbons (Fsp3) is 0.111. The Hall–Kier alpha value is -3.28. The van der Waals surface area contributed by atoms with E-state index in [1.807, 2.05) is 0 Å². The Kier molecular flexibility index (Phi) is 4.20. The van der Waals surface area contributed by atoms with E-state index in [4.69, 9.17) is 9.47 Å². The van der Waals surface area contributed by atoms with Crippen LogP contribution >= 0.6 is 0 Å². The van der Waals surface area contributed by atoms with E-state index in [-0.39, 0.29) is 11.0 Å². The van der Waals surface area contributed by atoms with Gasteiger partial charge in [-0.1, -0.05) is 12.1 Å². The van der Waals surface area contributed by atoms with E-state index in [9.17, 15) is 9.59 Å². The SMILES string of the molecule is COc1ccc2[nH]cc(C(=O)Nc3ccccc3OC)c(=O)c2c1. The molecule has 24 heavy (non-hydrogen) atoms. The molecule has 0 aliphatic rings. The van der Waals surface area contributed by atoms with E-state index < -0.39 is 5.91 Å². The Morgan fingerprint density at radius 1 is 1.08 bits per heavy atom. The summed E-state index contributed by atoms with van der Waals surface area (Å²) < 4.78 is 10.3. The molecule has 2 N–H and O–H groups in total. The lowest BCUT2D eigenvalue weighted by atomic mass is 10.1. The summed E-state index contributed by atoms with van der Waals surface area (Å²) in [5.41, 5.74) is 0.779. The van der Waals surface area contributed by atoms with Crippen LogP contribution in [0.3, 0.4) is 0 Å². The van der Waals surface area contributed by atoms with E-state index in [1.54, 1.807) is 42.5 Å². The average molecular weight is 324 g/mol. The van der Waals surface area contributed by atoms with Crippen molar-refractivity contribution in [3.63, 3.8) is 0 Å². The number of pyridine rings is 1. The number of ether oxygens (including phenoxy) is 2. The number of methoxy groups -OCH3 is 2. The van der Waals surface area contributed by atoms with Crippen LogP contribution in [-0.2, 0) is 0 Å². The zero-order valence-corrected chi connectivity index (χ0v) is 13.3. The van der Waals surface area contributed by atoms with Crippen molar-refractivity contribution < 1.29 is 14.3 Å². The minimum absolute atomic E-state index is 0.0154. The summed E-state index contributed by atoms with van der Waals surface area (Å²) in [6.07, 6.45) is 1.40. The highest BCUT2D eigenvalue weighted by Gasteiger charge is 2.15. The number of carbonyl (C=O) groups is 1. The third-order valence-electron chi connectivity index (χ3n) is 3.69. The Morgan fingerprint density at radius 3 is 2.62 bits per heavy atom. The number of carbonyl (C=O) groups excluding carboxylic acids is 1. The van der Waals surface area contributed by atoms with E-state index in [0.717, 1.165) is 0 Å². The molecule has 0 fully saturated rings. The molecule has 1 amide bonds. The van der Waals surface area contributed by atoms with Gasteiger partial charge in [-0.3, -0.25) is 9.59 Å². The number of hydrogen-bond donors (Lipinski definition) is 2. The maximum Gasteiger partial charge on any atom is 0.261 e. The second-order valence-electron chi connectivity index (χ2n) is 5.10. The topological polar surface area (TPSA) is 80.4 Å². The van der Waals surface area contributed by atoms with Crippen LogP contribution in [0, 0.1) is 0 Å². The quantitative estimate of drug-likeness (QED) is 0.773. The number of para-hydroxylation sites is 2. The molecule has 0 saturated carbocycles. The van der Waals surface area contributed by atoms with Gasteiger partial charge in [0.25, 0.3) is 5.91 Å². The van der Waals surface area contributed by atoms with Crippen LogP contribution in [0.1, 0.15) is 10.4 Å². The van der Waals surface area contributed by atoms with Gasteiger partial charge in [0.05, 0.1) is 19.9 Å². The Bertz CT molecular complexity index is 963. The summed E-state index contributed by atoms with van der Waals surface area (Å²) in [4.78, 5) is 28.1. The van der Waals surface area contributed by atoms with E-state index >= 15 is 0 Å². The largest absolute Gasteiger partial charge is 0.497 e. The van der Waals surface area contributed by atoms with Gasteiger partial charge in [0.15, 0.2) is 0 Å². The molecule has 0 aliphatic carbocycles. The molecule has 6 heteroatoms. The minimum Gasteiger partial charge on any atom is -0.497 e. The predicted octanol–water partition coefficient (Wildman–Crippen LogP) is 2.80. The fourth-order valence-electron chi connectivity index (χ4n) is 2.43. The van der Waals surface area contributed by atoms with Gasteiger partial charge in [-0.05, 0) is 30.3 Å². The third kappa shape index (κ3) is 2.81. The van der Waals surface area contributed by atoms with Crippen LogP contribution in [0.4, 0.5) is 5.69 Å². The number of fused-ring (bicyclic) bond motifs is 1. The summed E-state index contributed by atoms with van der Waals surface area (Å²) in [6, 6.07) is 12.1. The van der Waals surface area contributed by atoms with Crippen molar-refractivity contribution >= 4 is 22.5 Å². The number of anilines is 1.